The summed E-state index contributed by atoms with van der Waals surface area (Å²) in [5, 5.41) is 9.49. The Balaban J connectivity index is 0.000000385. The van der Waals surface area contributed by atoms with Gasteiger partial charge in [-0.2, -0.15) is 0 Å². The first-order chi connectivity index (χ1) is 7.76. The van der Waals surface area contributed by atoms with Crippen molar-refractivity contribution < 1.29 is 14.6 Å². The van der Waals surface area contributed by atoms with Gasteiger partial charge in [0.25, 0.3) is 6.47 Å². The van der Waals surface area contributed by atoms with Crippen molar-refractivity contribution in [1.29, 1.82) is 0 Å². The van der Waals surface area contributed by atoms with E-state index in [0.717, 1.165) is 6.42 Å². The lowest BCUT2D eigenvalue weighted by Gasteiger charge is -2.12. The molecule has 0 spiro atoms. The normalized spacial score (nSPS) is 23.4. The number of hydrogen-bond donors (Lipinski definition) is 1. The van der Waals surface area contributed by atoms with Gasteiger partial charge in [0.15, 0.2) is 0 Å². The van der Waals surface area contributed by atoms with Crippen LogP contribution in [-0.2, 0) is 9.53 Å². The first kappa shape index (κ1) is 15.4. The maximum Gasteiger partial charge on any atom is 0.293 e. The molecule has 1 fully saturated rings. The minimum absolute atomic E-state index is 0.0341. The number of hydrogen-bond acceptors (Lipinski definition) is 3. The van der Waals surface area contributed by atoms with Gasteiger partial charge in [0.1, 0.15) is 0 Å². The largest absolute Gasteiger partial charge is 0.468 e. The van der Waals surface area contributed by atoms with Crippen molar-refractivity contribution in [3.05, 3.63) is 0 Å². The molecule has 3 heteroatoms. The Morgan fingerprint density at radius 1 is 1.31 bits per heavy atom. The molecular weight excluding hydrogens is 204 g/mol. The van der Waals surface area contributed by atoms with E-state index < -0.39 is 0 Å². The molecule has 0 saturated heterocycles. The molecule has 2 unspecified atom stereocenters. The van der Waals surface area contributed by atoms with E-state index in [0.29, 0.717) is 19.0 Å². The maximum absolute atomic E-state index is 9.49. The number of ether oxygens (including phenoxy) is 1. The summed E-state index contributed by atoms with van der Waals surface area (Å²) in [7, 11) is 0. The van der Waals surface area contributed by atoms with E-state index in [1.807, 2.05) is 0 Å². The number of aliphatic hydroxyl groups is 1. The van der Waals surface area contributed by atoms with Crippen LogP contribution in [0.15, 0.2) is 0 Å². The van der Waals surface area contributed by atoms with Crippen molar-refractivity contribution in [2.24, 2.45) is 5.92 Å². The van der Waals surface area contributed by atoms with Gasteiger partial charge < -0.3 is 9.84 Å². The Hall–Kier alpha value is -0.570. The first-order valence-corrected chi connectivity index (χ1v) is 6.49. The second kappa shape index (κ2) is 10.9. The number of carbonyl (C=O) groups excluding carboxylic acids is 1. The summed E-state index contributed by atoms with van der Waals surface area (Å²) in [6, 6.07) is 0. The van der Waals surface area contributed by atoms with Crippen molar-refractivity contribution in [3.63, 3.8) is 0 Å². The van der Waals surface area contributed by atoms with E-state index in [1.165, 1.54) is 38.5 Å². The molecule has 0 amide bonds. The van der Waals surface area contributed by atoms with E-state index in [4.69, 9.17) is 0 Å². The number of rotatable bonds is 6. The van der Waals surface area contributed by atoms with E-state index in [2.05, 4.69) is 11.7 Å². The maximum atomic E-state index is 9.49. The molecule has 1 aliphatic rings. The Morgan fingerprint density at radius 2 is 2.06 bits per heavy atom. The van der Waals surface area contributed by atoms with Crippen molar-refractivity contribution >= 4 is 6.47 Å². The van der Waals surface area contributed by atoms with Crippen LogP contribution < -0.4 is 0 Å². The molecule has 16 heavy (non-hydrogen) atoms. The molecule has 0 aliphatic heterocycles. The second-order valence-electron chi connectivity index (χ2n) is 4.31. The molecule has 0 aromatic carbocycles. The van der Waals surface area contributed by atoms with E-state index in [1.54, 1.807) is 6.92 Å². The van der Waals surface area contributed by atoms with Crippen LogP contribution in [0.2, 0.25) is 0 Å². The predicted octanol–water partition coefficient (Wildman–Crippen LogP) is 2.91. The molecule has 0 radical (unpaired) electrons. The van der Waals surface area contributed by atoms with Gasteiger partial charge >= 0.3 is 0 Å². The highest BCUT2D eigenvalue weighted by Crippen LogP contribution is 2.29. The highest BCUT2D eigenvalue weighted by Gasteiger charge is 2.23. The summed E-state index contributed by atoms with van der Waals surface area (Å²) in [6.45, 7) is 4.89. The zero-order chi connectivity index (χ0) is 12.2. The SMILES string of the molecule is CCCCCC1CCCC1O.CCOC=O. The number of unbranched alkanes of at least 4 members (excludes halogenated alkanes) is 2. The Morgan fingerprint density at radius 3 is 2.44 bits per heavy atom. The number of aliphatic hydroxyl groups excluding tert-OH is 1. The summed E-state index contributed by atoms with van der Waals surface area (Å²) < 4.78 is 4.15. The summed E-state index contributed by atoms with van der Waals surface area (Å²) in [6.07, 6.45) is 8.81. The molecule has 0 aromatic heterocycles. The highest BCUT2D eigenvalue weighted by atomic mass is 16.5. The second-order valence-corrected chi connectivity index (χ2v) is 4.31. The topological polar surface area (TPSA) is 46.5 Å². The van der Waals surface area contributed by atoms with Crippen molar-refractivity contribution in [2.75, 3.05) is 6.61 Å². The summed E-state index contributed by atoms with van der Waals surface area (Å²) in [5.74, 6) is 0.640. The smallest absolute Gasteiger partial charge is 0.293 e. The lowest BCUT2D eigenvalue weighted by Crippen LogP contribution is -2.12. The zero-order valence-corrected chi connectivity index (χ0v) is 10.7. The molecule has 2 atom stereocenters. The Labute approximate surface area is 99.2 Å². The van der Waals surface area contributed by atoms with Crippen molar-refractivity contribution in [1.82, 2.24) is 0 Å². The molecule has 1 saturated carbocycles. The van der Waals surface area contributed by atoms with E-state index in [-0.39, 0.29) is 6.10 Å². The molecule has 0 aromatic rings. The Bertz CT molecular complexity index is 159. The van der Waals surface area contributed by atoms with Crippen LogP contribution in [0.4, 0.5) is 0 Å². The summed E-state index contributed by atoms with van der Waals surface area (Å²) in [4.78, 5) is 9.18. The number of carbonyl (C=O) groups is 1. The fraction of sp³-hybridized carbons (Fsp3) is 0.923. The molecule has 1 N–H and O–H groups in total. The predicted molar refractivity (Wildman–Crippen MR) is 65.2 cm³/mol. The van der Waals surface area contributed by atoms with Gasteiger partial charge in [-0.05, 0) is 32.1 Å². The van der Waals surface area contributed by atoms with Crippen molar-refractivity contribution in [2.45, 2.75) is 64.9 Å². The third-order valence-electron chi connectivity index (χ3n) is 3.03. The average Bonchev–Trinajstić information content (AvgIpc) is 2.67. The van der Waals surface area contributed by atoms with Gasteiger partial charge in [-0.1, -0.05) is 32.6 Å². The minimum Gasteiger partial charge on any atom is -0.468 e. The highest BCUT2D eigenvalue weighted by molar-refractivity contribution is 5.36. The zero-order valence-electron chi connectivity index (χ0n) is 10.7. The molecule has 0 bridgehead atoms. The first-order valence-electron chi connectivity index (χ1n) is 6.49. The lowest BCUT2D eigenvalue weighted by atomic mass is 9.98. The third-order valence-corrected chi connectivity index (χ3v) is 3.03. The van der Waals surface area contributed by atoms with Gasteiger partial charge in [-0.25, -0.2) is 0 Å². The van der Waals surface area contributed by atoms with Crippen molar-refractivity contribution in [3.8, 4) is 0 Å². The standard InChI is InChI=1S/C10H20O.C3H6O2/c1-2-3-4-6-9-7-5-8-10(9)11;1-2-5-3-4/h9-11H,2-8H2,1H3;3H,2H2,1H3. The quantitative estimate of drug-likeness (QED) is 0.563. The fourth-order valence-electron chi connectivity index (χ4n) is 2.08. The van der Waals surface area contributed by atoms with Gasteiger partial charge in [0.2, 0.25) is 0 Å². The third kappa shape index (κ3) is 7.69. The summed E-state index contributed by atoms with van der Waals surface area (Å²) in [5.41, 5.74) is 0. The monoisotopic (exact) mass is 230 g/mol. The lowest BCUT2D eigenvalue weighted by molar-refractivity contribution is -0.128. The van der Waals surface area contributed by atoms with Gasteiger partial charge in [-0.15, -0.1) is 0 Å². The molecule has 0 heterocycles. The Kier molecular flexibility index (Phi) is 10.5. The van der Waals surface area contributed by atoms with Crippen LogP contribution >= 0.6 is 0 Å². The molecule has 1 rings (SSSR count). The fourth-order valence-corrected chi connectivity index (χ4v) is 2.08. The molecular formula is C13H26O3. The van der Waals surface area contributed by atoms with E-state index >= 15 is 0 Å². The van der Waals surface area contributed by atoms with Gasteiger partial charge in [-0.3, -0.25) is 4.79 Å². The van der Waals surface area contributed by atoms with Gasteiger partial charge in [0, 0.05) is 0 Å². The van der Waals surface area contributed by atoms with Crippen LogP contribution in [0, 0.1) is 5.92 Å². The van der Waals surface area contributed by atoms with Crippen LogP contribution in [0.3, 0.4) is 0 Å². The van der Waals surface area contributed by atoms with Gasteiger partial charge in [0.05, 0.1) is 12.7 Å². The van der Waals surface area contributed by atoms with Crippen LogP contribution in [-0.4, -0.2) is 24.3 Å². The molecule has 96 valence electrons. The van der Waals surface area contributed by atoms with Crippen LogP contribution in [0.25, 0.3) is 0 Å². The summed E-state index contributed by atoms with van der Waals surface area (Å²) >= 11 is 0. The molecule has 3 nitrogen and oxygen atoms in total. The van der Waals surface area contributed by atoms with Crippen LogP contribution in [0.5, 0.6) is 0 Å². The molecule has 1 aliphatic carbocycles. The van der Waals surface area contributed by atoms with Crippen LogP contribution in [0.1, 0.15) is 58.8 Å². The average molecular weight is 230 g/mol. The van der Waals surface area contributed by atoms with E-state index in [9.17, 15) is 9.90 Å². The minimum atomic E-state index is 0.0341.